The average Bonchev–Trinajstić information content (AvgIpc) is 0.858. The van der Waals surface area contributed by atoms with Crippen molar-refractivity contribution in [3.05, 3.63) is 459 Å². The zero-order valence-electron chi connectivity index (χ0n) is 79.8. The van der Waals surface area contributed by atoms with Gasteiger partial charge in [-0.15, -0.1) is 22.7 Å². The van der Waals surface area contributed by atoms with E-state index in [1.165, 1.54) is 161 Å². The number of benzene rings is 20. The Morgan fingerprint density at radius 1 is 0.225 bits per heavy atom. The maximum atomic E-state index is 2.58. The summed E-state index contributed by atoms with van der Waals surface area (Å²) in [6, 6.07) is 163. The highest BCUT2D eigenvalue weighted by atomic mass is 32.1. The summed E-state index contributed by atoms with van der Waals surface area (Å²) in [5.74, 6) is 0. The minimum absolute atomic E-state index is 0.0554. The summed E-state index contributed by atoms with van der Waals surface area (Å²) in [4.78, 5) is 5.11. The van der Waals surface area contributed by atoms with E-state index in [0.29, 0.717) is 0 Å². The molecule has 6 heteroatoms. The third kappa shape index (κ3) is 14.9. The molecule has 0 fully saturated rings. The van der Waals surface area contributed by atoms with Crippen molar-refractivity contribution in [1.82, 2.24) is 9.13 Å². The lowest BCUT2D eigenvalue weighted by Gasteiger charge is -2.31. The second-order valence-corrected chi connectivity index (χ2v) is 43.4. The predicted octanol–water partition coefficient (Wildman–Crippen LogP) is 38.3. The van der Waals surface area contributed by atoms with Crippen LogP contribution in [0, 0.1) is 0 Å². The van der Waals surface area contributed by atoms with Crippen LogP contribution in [0.3, 0.4) is 0 Å². The minimum atomic E-state index is -0.297. The van der Waals surface area contributed by atoms with E-state index in [1.54, 1.807) is 0 Å². The maximum absolute atomic E-state index is 2.58. The molecule has 0 unspecified atom stereocenters. The standard InChI is InChI=1S/C132H106N4S2/c1-129(2,3)92-75-90(76-93(81-92)130(4,5)6)100-48-29-35-86-38-32-51-111(125(86)100)105-45-19-26-58-118(105)136(120-60-34-53-113-109-47-21-28-62-124(109)138-128(113)120)114-54-22-15-41-99(114)89-68-74-107-103-43-17-24-56-116(103)135(122(107)80-89)97-69-63-84(64-70-97)83-132(10,11)95-78-91(77-94(82-95)131(7,8)9)101-49-30-36-87-37-31-50-110(126(87)101)104-44-18-25-57-117(104)133(119-59-33-52-112-108-46-20-27-61-123(108)137-127(112)119)98-71-65-85(66-72-98)88-67-73-106-102-42-16-23-55-115(102)134(121(106)79-88)96-39-13-12-14-40-96/h12-82H,83H2,1-11H3. The Balaban J connectivity index is 0.592. The molecule has 4 aromatic heterocycles. The molecule has 4 heterocycles. The first-order valence-corrected chi connectivity index (χ1v) is 50.1. The van der Waals surface area contributed by atoms with Crippen LogP contribution in [0.15, 0.2) is 431 Å². The number of aromatic nitrogens is 2. The molecule has 666 valence electrons. The summed E-state index contributed by atoms with van der Waals surface area (Å²) in [5, 5.41) is 14.8. The summed E-state index contributed by atoms with van der Waals surface area (Å²) in [5.41, 5.74) is 33.7. The topological polar surface area (TPSA) is 16.3 Å². The number of thiophene rings is 2. The fourth-order valence-corrected chi connectivity index (χ4v) is 24.2. The number of nitrogens with zero attached hydrogens (tertiary/aromatic N) is 4. The molecule has 0 aliphatic carbocycles. The van der Waals surface area contributed by atoms with Gasteiger partial charge in [0.15, 0.2) is 0 Å². The van der Waals surface area contributed by atoms with Crippen LogP contribution in [0.2, 0.25) is 0 Å². The quantitative estimate of drug-likeness (QED) is 0.0903. The lowest BCUT2D eigenvalue weighted by atomic mass is 9.75. The largest absolute Gasteiger partial charge is 0.309 e. The van der Waals surface area contributed by atoms with Crippen LogP contribution in [0.5, 0.6) is 0 Å². The van der Waals surface area contributed by atoms with E-state index in [0.717, 1.165) is 90.8 Å². The number of rotatable bonds is 17. The van der Waals surface area contributed by atoms with Gasteiger partial charge in [-0.3, -0.25) is 0 Å². The van der Waals surface area contributed by atoms with Gasteiger partial charge in [-0.05, 0) is 231 Å². The van der Waals surface area contributed by atoms with E-state index in [1.807, 2.05) is 22.7 Å². The fourth-order valence-electron chi connectivity index (χ4n) is 21.8. The Bertz CT molecular complexity index is 8920. The number of hydrogen-bond donors (Lipinski definition) is 0. The molecule has 24 aromatic rings. The molecule has 20 aromatic carbocycles. The Kier molecular flexibility index (Phi) is 20.8. The van der Waals surface area contributed by atoms with Crippen molar-refractivity contribution in [1.29, 1.82) is 0 Å². The Morgan fingerprint density at radius 3 is 1.09 bits per heavy atom. The van der Waals surface area contributed by atoms with E-state index in [-0.39, 0.29) is 21.7 Å². The number of para-hydroxylation sites is 6. The van der Waals surface area contributed by atoms with Gasteiger partial charge in [0.1, 0.15) is 0 Å². The second-order valence-electron chi connectivity index (χ2n) is 41.3. The van der Waals surface area contributed by atoms with Crippen LogP contribution in [0.25, 0.3) is 184 Å². The Hall–Kier alpha value is -15.4. The molecular formula is C132H106N4S2. The van der Waals surface area contributed by atoms with Crippen molar-refractivity contribution in [2.75, 3.05) is 9.80 Å². The lowest BCUT2D eigenvalue weighted by Crippen LogP contribution is -2.22. The van der Waals surface area contributed by atoms with Crippen molar-refractivity contribution < 1.29 is 0 Å². The van der Waals surface area contributed by atoms with Gasteiger partial charge in [0.05, 0.1) is 59.9 Å². The van der Waals surface area contributed by atoms with Gasteiger partial charge >= 0.3 is 0 Å². The van der Waals surface area contributed by atoms with E-state index >= 15 is 0 Å². The zero-order valence-corrected chi connectivity index (χ0v) is 81.4. The lowest BCUT2D eigenvalue weighted by molar-refractivity contribution is 0.517. The molecule has 0 saturated carbocycles. The van der Waals surface area contributed by atoms with Gasteiger partial charge < -0.3 is 18.9 Å². The van der Waals surface area contributed by atoms with E-state index < -0.39 is 0 Å². The number of fused-ring (bicyclic) bond motifs is 14. The second kappa shape index (κ2) is 33.5. The van der Waals surface area contributed by atoms with Gasteiger partial charge in [-0.2, -0.15) is 0 Å². The molecular weight excluding hydrogens is 1710 g/mol. The molecule has 0 amide bonds. The first-order valence-electron chi connectivity index (χ1n) is 48.5. The summed E-state index contributed by atoms with van der Waals surface area (Å²) in [7, 11) is 0. The van der Waals surface area contributed by atoms with Crippen molar-refractivity contribution >= 4 is 162 Å². The van der Waals surface area contributed by atoms with E-state index in [4.69, 9.17) is 0 Å². The molecule has 0 radical (unpaired) electrons. The molecule has 0 atom stereocenters. The fraction of sp³-hybridized carbons (Fsp3) is 0.121. The monoisotopic (exact) mass is 1810 g/mol. The van der Waals surface area contributed by atoms with Gasteiger partial charge in [-0.1, -0.05) is 404 Å². The van der Waals surface area contributed by atoms with Crippen LogP contribution >= 0.6 is 22.7 Å². The highest BCUT2D eigenvalue weighted by Crippen LogP contribution is 2.55. The van der Waals surface area contributed by atoms with Gasteiger partial charge in [-0.25, -0.2) is 0 Å². The van der Waals surface area contributed by atoms with Crippen LogP contribution in [0.4, 0.5) is 34.1 Å². The summed E-state index contributed by atoms with van der Waals surface area (Å²) < 4.78 is 9.94. The SMILES string of the molecule is CC(C)(C)c1cc(-c2cccc3cccc(-c4ccccc4N(c4ccccc4-c4ccc5c6ccccc6n(-c6ccc(CC(C)(C)c7cc(-c8cccc9cccc(-c%10ccccc%10N(c%10ccc(-c%11ccc%12c%13ccccc%13n(-c%13ccccc%13)c%12c%11)cc%10)c%10cccc%11c%10sc%10ccccc%10%11)c89)cc(C(C)(C)C)c7)cc6)c5c4)c4cccc5c4sc4ccccc45)c23)cc(C(C)(C)C)c1. The van der Waals surface area contributed by atoms with Crippen molar-refractivity contribution in [2.45, 2.75) is 104 Å². The highest BCUT2D eigenvalue weighted by Gasteiger charge is 2.32. The van der Waals surface area contributed by atoms with E-state index in [9.17, 15) is 0 Å². The Morgan fingerprint density at radius 2 is 0.580 bits per heavy atom. The van der Waals surface area contributed by atoms with Crippen molar-refractivity contribution in [2.24, 2.45) is 0 Å². The smallest absolute Gasteiger partial charge is 0.0640 e. The van der Waals surface area contributed by atoms with Crippen LogP contribution in [-0.2, 0) is 28.1 Å². The molecule has 0 aliphatic rings. The van der Waals surface area contributed by atoms with Gasteiger partial charge in [0, 0.05) is 86.2 Å². The molecule has 0 spiro atoms. The first-order chi connectivity index (χ1) is 67.1. The summed E-state index contributed by atoms with van der Waals surface area (Å²) >= 11 is 3.75. The molecule has 24 rings (SSSR count). The van der Waals surface area contributed by atoms with Crippen molar-refractivity contribution in [3.8, 4) is 78.1 Å². The maximum Gasteiger partial charge on any atom is 0.0640 e. The van der Waals surface area contributed by atoms with E-state index in [2.05, 4.69) is 526 Å². The molecule has 4 nitrogen and oxygen atoms in total. The summed E-state index contributed by atoms with van der Waals surface area (Å²) in [6.45, 7) is 26.0. The predicted molar refractivity (Wildman–Crippen MR) is 597 cm³/mol. The zero-order chi connectivity index (χ0) is 93.6. The molecule has 138 heavy (non-hydrogen) atoms. The van der Waals surface area contributed by atoms with Crippen LogP contribution in [0.1, 0.15) is 104 Å². The minimum Gasteiger partial charge on any atom is -0.309 e. The highest BCUT2D eigenvalue weighted by molar-refractivity contribution is 7.27. The van der Waals surface area contributed by atoms with Crippen LogP contribution in [-0.4, -0.2) is 9.13 Å². The summed E-state index contributed by atoms with van der Waals surface area (Å²) in [6.07, 6.45) is 0.820. The third-order valence-electron chi connectivity index (χ3n) is 28.9. The molecule has 0 aliphatic heterocycles. The normalized spacial score (nSPS) is 12.3. The number of anilines is 6. The molecule has 0 bridgehead atoms. The Labute approximate surface area is 815 Å². The van der Waals surface area contributed by atoms with Gasteiger partial charge in [0.25, 0.3) is 0 Å². The average molecular weight is 1810 g/mol. The van der Waals surface area contributed by atoms with Crippen molar-refractivity contribution in [3.63, 3.8) is 0 Å². The third-order valence-corrected chi connectivity index (χ3v) is 31.3. The molecule has 0 N–H and O–H groups in total. The number of hydrogen-bond acceptors (Lipinski definition) is 4. The molecule has 0 saturated heterocycles. The first kappa shape index (κ1) is 85.5. The van der Waals surface area contributed by atoms with Crippen LogP contribution < -0.4 is 9.80 Å². The van der Waals surface area contributed by atoms with Gasteiger partial charge in [0.2, 0.25) is 0 Å².